The summed E-state index contributed by atoms with van der Waals surface area (Å²) in [5.41, 5.74) is 1.75. The van der Waals surface area contributed by atoms with Crippen LogP contribution in [0.2, 0.25) is 25.5 Å². The van der Waals surface area contributed by atoms with Gasteiger partial charge in [-0.3, -0.25) is 0 Å². The molecule has 2 aromatic carbocycles. The van der Waals surface area contributed by atoms with Gasteiger partial charge in [-0.15, -0.1) is 0 Å². The zero-order chi connectivity index (χ0) is 37.0. The van der Waals surface area contributed by atoms with Gasteiger partial charge in [0, 0.05) is 13.1 Å². The van der Waals surface area contributed by atoms with Gasteiger partial charge < -0.3 is 28.8 Å². The van der Waals surface area contributed by atoms with E-state index in [9.17, 15) is 25.1 Å². The molecule has 6 aromatic rings. The van der Waals surface area contributed by atoms with Crippen LogP contribution in [0, 0.1) is 11.3 Å². The molecular formula is C35H26Cl5N5O6. The Kier molecular flexibility index (Phi) is 11.9. The lowest BCUT2D eigenvalue weighted by molar-refractivity contribution is 0.0506. The van der Waals surface area contributed by atoms with E-state index >= 15 is 0 Å². The molecule has 0 spiro atoms. The van der Waals surface area contributed by atoms with Gasteiger partial charge in [-0.1, -0.05) is 119 Å². The summed E-state index contributed by atoms with van der Waals surface area (Å²) in [6.07, 6.45) is 0. The lowest BCUT2D eigenvalue weighted by Gasteiger charge is -2.10. The summed E-state index contributed by atoms with van der Waals surface area (Å²) in [5, 5.41) is 31.3. The molecular weight excluding hydrogens is 764 g/mol. The molecule has 0 aliphatic rings. The van der Waals surface area contributed by atoms with Crippen LogP contribution in [-0.4, -0.2) is 54.5 Å². The van der Waals surface area contributed by atoms with E-state index < -0.39 is 23.4 Å². The molecule has 0 unspecified atom stereocenters. The Bertz CT molecular complexity index is 2320. The summed E-state index contributed by atoms with van der Waals surface area (Å²) in [7, 11) is 0. The predicted molar refractivity (Wildman–Crippen MR) is 196 cm³/mol. The number of carbonyl (C=O) groups excluding carboxylic acids is 2. The van der Waals surface area contributed by atoms with Gasteiger partial charge in [0.2, 0.25) is 0 Å². The minimum atomic E-state index is -0.841. The number of fused-ring (bicyclic) bond motifs is 2. The number of aromatic nitrogens is 4. The Morgan fingerprint density at radius 3 is 1.55 bits per heavy atom. The van der Waals surface area contributed by atoms with Crippen LogP contribution in [-0.2, 0) is 22.6 Å². The molecule has 0 atom stereocenters. The molecule has 51 heavy (non-hydrogen) atoms. The molecule has 262 valence electrons. The average molecular weight is 790 g/mol. The zero-order valence-corrected chi connectivity index (χ0v) is 30.5. The molecule has 16 heteroatoms. The highest BCUT2D eigenvalue weighted by Gasteiger charge is 2.29. The van der Waals surface area contributed by atoms with Crippen LogP contribution in [0.25, 0.3) is 21.8 Å². The van der Waals surface area contributed by atoms with Gasteiger partial charge in [-0.05, 0) is 25.0 Å². The highest BCUT2D eigenvalue weighted by Crippen LogP contribution is 2.44. The van der Waals surface area contributed by atoms with Crippen molar-refractivity contribution in [1.29, 1.82) is 5.26 Å². The van der Waals surface area contributed by atoms with Gasteiger partial charge in [0.25, 0.3) is 0 Å². The fourth-order valence-electron chi connectivity index (χ4n) is 5.26. The van der Waals surface area contributed by atoms with Crippen molar-refractivity contribution in [3.63, 3.8) is 0 Å². The van der Waals surface area contributed by atoms with Crippen molar-refractivity contribution in [2.75, 3.05) is 13.2 Å². The molecule has 0 fully saturated rings. The second-order valence-corrected chi connectivity index (χ2v) is 12.4. The molecule has 0 amide bonds. The first-order chi connectivity index (χ1) is 24.4. The first-order valence-electron chi connectivity index (χ1n) is 15.1. The third-order valence-electron chi connectivity index (χ3n) is 7.47. The lowest BCUT2D eigenvalue weighted by Crippen LogP contribution is -2.10. The van der Waals surface area contributed by atoms with Crippen molar-refractivity contribution in [2.24, 2.45) is 0 Å². The molecule has 0 saturated heterocycles. The normalized spacial score (nSPS) is 10.9. The van der Waals surface area contributed by atoms with E-state index in [4.69, 9.17) is 67.5 Å². The summed E-state index contributed by atoms with van der Waals surface area (Å²) in [6.45, 7) is 4.20. The summed E-state index contributed by atoms with van der Waals surface area (Å²) >= 11 is 31.5. The van der Waals surface area contributed by atoms with Crippen LogP contribution in [0.15, 0.2) is 60.7 Å². The van der Waals surface area contributed by atoms with Crippen molar-refractivity contribution in [1.82, 2.24) is 19.1 Å². The van der Waals surface area contributed by atoms with Gasteiger partial charge in [0.15, 0.2) is 33.7 Å². The second kappa shape index (κ2) is 16.1. The van der Waals surface area contributed by atoms with Crippen LogP contribution in [0.1, 0.15) is 51.6 Å². The number of aromatic hydroxyl groups is 2. The fourth-order valence-corrected chi connectivity index (χ4v) is 6.58. The summed E-state index contributed by atoms with van der Waals surface area (Å²) in [4.78, 5) is 32.0. The number of carbonyl (C=O) groups is 2. The van der Waals surface area contributed by atoms with E-state index in [2.05, 4.69) is 9.97 Å². The monoisotopic (exact) mass is 787 g/mol. The maximum atomic E-state index is 12.0. The minimum Gasteiger partial charge on any atom is -0.505 e. The summed E-state index contributed by atoms with van der Waals surface area (Å²) in [6, 6.07) is 20.9. The van der Waals surface area contributed by atoms with Crippen LogP contribution in [0.5, 0.6) is 11.5 Å². The van der Waals surface area contributed by atoms with E-state index in [1.54, 1.807) is 23.0 Å². The Balaban J connectivity index is 0.000000198. The SMILES string of the molecule is CCOC(=O)c1nc(C#N)c2c(c1O)c(Cl)c(Cl)n2Cc1ccccc1.CCOC(=O)c1nc(Cl)c2c(c1O)c(Cl)c(Cl)n2Cc1ccccc1. The molecule has 11 nitrogen and oxygen atoms in total. The van der Waals surface area contributed by atoms with Crippen LogP contribution in [0.4, 0.5) is 0 Å². The van der Waals surface area contributed by atoms with E-state index in [1.165, 1.54) is 0 Å². The number of nitrogens with zero attached hydrogens (tertiary/aromatic N) is 5. The van der Waals surface area contributed by atoms with Crippen molar-refractivity contribution < 1.29 is 29.3 Å². The Hall–Kier alpha value is -4.70. The Morgan fingerprint density at radius 2 is 1.12 bits per heavy atom. The smallest absolute Gasteiger partial charge is 0.360 e. The molecule has 4 heterocycles. The van der Waals surface area contributed by atoms with E-state index in [0.717, 1.165) is 11.1 Å². The van der Waals surface area contributed by atoms with Gasteiger partial charge in [0.05, 0.1) is 45.1 Å². The standard InChI is InChI=1S/C18H13Cl2N3O3.C17H13Cl3N2O3/c1-2-26-18(25)14-16(24)12-13(19)17(20)23(15(12)11(8-21)22-14)9-10-6-4-3-5-7-10;1-2-25-17(24)12-14(23)10-11(18)16(20)22(13(10)15(19)21-12)8-9-6-4-3-5-7-9/h3-7,24H,2,9H2,1H3;3-7,23H,2,8H2,1H3. The van der Waals surface area contributed by atoms with Crippen molar-refractivity contribution in [3.05, 3.63) is 114 Å². The highest BCUT2D eigenvalue weighted by atomic mass is 35.5. The fraction of sp³-hybridized carbons (Fsp3) is 0.171. The van der Waals surface area contributed by atoms with Gasteiger partial charge in [0.1, 0.15) is 16.4 Å². The van der Waals surface area contributed by atoms with Crippen LogP contribution >= 0.6 is 58.0 Å². The van der Waals surface area contributed by atoms with Crippen molar-refractivity contribution in [2.45, 2.75) is 26.9 Å². The number of esters is 2. The summed E-state index contributed by atoms with van der Waals surface area (Å²) in [5.74, 6) is -2.49. The zero-order valence-electron chi connectivity index (χ0n) is 26.8. The molecule has 0 bridgehead atoms. The van der Waals surface area contributed by atoms with Gasteiger partial charge in [-0.2, -0.15) is 5.26 Å². The molecule has 6 rings (SSSR count). The van der Waals surface area contributed by atoms with Crippen molar-refractivity contribution in [3.8, 4) is 17.6 Å². The number of nitriles is 1. The molecule has 4 aromatic heterocycles. The molecule has 0 aliphatic carbocycles. The molecule has 0 aliphatic heterocycles. The van der Waals surface area contributed by atoms with E-state index in [-0.39, 0.29) is 72.1 Å². The number of benzene rings is 2. The predicted octanol–water partition coefficient (Wildman–Crippen LogP) is 9.07. The largest absolute Gasteiger partial charge is 0.505 e. The summed E-state index contributed by atoms with van der Waals surface area (Å²) < 4.78 is 13.0. The number of hydrogen-bond acceptors (Lipinski definition) is 9. The Morgan fingerprint density at radius 1 is 0.706 bits per heavy atom. The second-order valence-electron chi connectivity index (χ2n) is 10.6. The number of pyridine rings is 2. The third kappa shape index (κ3) is 7.38. The highest BCUT2D eigenvalue weighted by molar-refractivity contribution is 6.47. The molecule has 0 saturated carbocycles. The quantitative estimate of drug-likeness (QED) is 0.114. The van der Waals surface area contributed by atoms with Crippen molar-refractivity contribution >= 4 is 91.7 Å². The number of rotatable bonds is 8. The van der Waals surface area contributed by atoms with Gasteiger partial charge in [-0.25, -0.2) is 19.6 Å². The maximum absolute atomic E-state index is 12.0. The molecule has 0 radical (unpaired) electrons. The van der Waals surface area contributed by atoms with E-state index in [1.807, 2.05) is 66.7 Å². The first kappa shape index (κ1) is 37.6. The van der Waals surface area contributed by atoms with Crippen LogP contribution in [0.3, 0.4) is 0 Å². The van der Waals surface area contributed by atoms with Crippen LogP contribution < -0.4 is 0 Å². The average Bonchev–Trinajstić information content (AvgIpc) is 3.53. The lowest BCUT2D eigenvalue weighted by atomic mass is 10.2. The maximum Gasteiger partial charge on any atom is 0.360 e. The number of ether oxygens (including phenoxy) is 2. The minimum absolute atomic E-state index is 0.000541. The Labute approximate surface area is 316 Å². The number of hydrogen-bond donors (Lipinski definition) is 2. The number of halogens is 5. The topological polar surface area (TPSA) is 152 Å². The van der Waals surface area contributed by atoms with Gasteiger partial charge >= 0.3 is 11.9 Å². The first-order valence-corrected chi connectivity index (χ1v) is 17.0. The third-order valence-corrected chi connectivity index (χ3v) is 9.45. The molecule has 2 N–H and O–H groups in total. The van der Waals surface area contributed by atoms with E-state index in [0.29, 0.717) is 18.6 Å².